The summed E-state index contributed by atoms with van der Waals surface area (Å²) >= 11 is 0. The van der Waals surface area contributed by atoms with Crippen LogP contribution < -0.4 is 5.32 Å². The van der Waals surface area contributed by atoms with Crippen LogP contribution in [0.15, 0.2) is 0 Å². The molecular formula is C9H19NO2. The fourth-order valence-corrected chi connectivity index (χ4v) is 0.781. The summed E-state index contributed by atoms with van der Waals surface area (Å²) in [6.07, 6.45) is 2.03. The maximum Gasteiger partial charge on any atom is 0.302 e. The van der Waals surface area contributed by atoms with Gasteiger partial charge in [0.1, 0.15) is 0 Å². The van der Waals surface area contributed by atoms with Crippen LogP contribution >= 0.6 is 0 Å². The first-order valence-corrected chi connectivity index (χ1v) is 4.53. The molecule has 72 valence electrons. The van der Waals surface area contributed by atoms with E-state index in [4.69, 9.17) is 4.74 Å². The van der Waals surface area contributed by atoms with E-state index in [1.807, 2.05) is 0 Å². The molecule has 0 amide bonds. The van der Waals surface area contributed by atoms with Gasteiger partial charge in [-0.05, 0) is 26.3 Å². The average molecular weight is 173 g/mol. The van der Waals surface area contributed by atoms with E-state index >= 15 is 0 Å². The van der Waals surface area contributed by atoms with Gasteiger partial charge in [-0.3, -0.25) is 4.79 Å². The first-order chi connectivity index (χ1) is 5.66. The van der Waals surface area contributed by atoms with E-state index in [1.165, 1.54) is 6.92 Å². The molecule has 0 rings (SSSR count). The highest BCUT2D eigenvalue weighted by molar-refractivity contribution is 5.65. The summed E-state index contributed by atoms with van der Waals surface area (Å²) in [6.45, 7) is 7.17. The zero-order valence-corrected chi connectivity index (χ0v) is 8.22. The summed E-state index contributed by atoms with van der Waals surface area (Å²) in [5.74, 6) is -0.196. The molecule has 0 aliphatic heterocycles. The molecule has 3 heteroatoms. The van der Waals surface area contributed by atoms with Crippen LogP contribution in [0.2, 0.25) is 0 Å². The molecule has 0 radical (unpaired) electrons. The number of hydrogen-bond acceptors (Lipinski definition) is 3. The molecule has 3 nitrogen and oxygen atoms in total. The van der Waals surface area contributed by atoms with Crippen LogP contribution in [0.5, 0.6) is 0 Å². The van der Waals surface area contributed by atoms with Gasteiger partial charge in [0.25, 0.3) is 0 Å². The van der Waals surface area contributed by atoms with Gasteiger partial charge in [-0.25, -0.2) is 0 Å². The highest BCUT2D eigenvalue weighted by atomic mass is 16.5. The summed E-state index contributed by atoms with van der Waals surface area (Å²) < 4.78 is 4.78. The van der Waals surface area contributed by atoms with Gasteiger partial charge >= 0.3 is 5.97 Å². The molecule has 0 saturated heterocycles. The zero-order chi connectivity index (χ0) is 9.40. The van der Waals surface area contributed by atoms with Gasteiger partial charge in [0, 0.05) is 13.0 Å². The lowest BCUT2D eigenvalue weighted by molar-refractivity contribution is -0.141. The van der Waals surface area contributed by atoms with Crippen LogP contribution in [0.1, 0.15) is 33.6 Å². The molecule has 1 N–H and O–H groups in total. The van der Waals surface area contributed by atoms with Crippen LogP contribution in [-0.4, -0.2) is 25.2 Å². The Hall–Kier alpha value is -0.570. The summed E-state index contributed by atoms with van der Waals surface area (Å²) in [6, 6.07) is 0.558. The Bertz CT molecular complexity index is 126. The van der Waals surface area contributed by atoms with Crippen molar-refractivity contribution >= 4 is 5.97 Å². The molecule has 0 bridgehead atoms. The van der Waals surface area contributed by atoms with Gasteiger partial charge in [0.05, 0.1) is 6.61 Å². The number of ether oxygens (including phenoxy) is 1. The lowest BCUT2D eigenvalue weighted by Gasteiger charge is -2.10. The van der Waals surface area contributed by atoms with Crippen molar-refractivity contribution in [1.29, 1.82) is 0 Å². The lowest BCUT2D eigenvalue weighted by atomic mass is 10.2. The third-order valence-electron chi connectivity index (χ3n) is 1.73. The zero-order valence-electron chi connectivity index (χ0n) is 8.22. The number of esters is 1. The predicted octanol–water partition coefficient (Wildman–Crippen LogP) is 1.33. The number of hydrogen-bond donors (Lipinski definition) is 1. The van der Waals surface area contributed by atoms with E-state index in [9.17, 15) is 4.79 Å². The largest absolute Gasteiger partial charge is 0.466 e. The molecule has 0 aliphatic carbocycles. The monoisotopic (exact) mass is 173 g/mol. The predicted molar refractivity (Wildman–Crippen MR) is 49.0 cm³/mol. The third-order valence-corrected chi connectivity index (χ3v) is 1.73. The van der Waals surface area contributed by atoms with Gasteiger partial charge in [-0.2, -0.15) is 0 Å². The molecule has 0 fully saturated rings. The van der Waals surface area contributed by atoms with Crippen molar-refractivity contribution in [3.05, 3.63) is 0 Å². The molecule has 0 heterocycles. The minimum Gasteiger partial charge on any atom is -0.466 e. The highest BCUT2D eigenvalue weighted by Crippen LogP contribution is 1.88. The Kier molecular flexibility index (Phi) is 6.76. The van der Waals surface area contributed by atoms with E-state index in [1.54, 1.807) is 0 Å². The lowest BCUT2D eigenvalue weighted by Crippen LogP contribution is -2.26. The van der Waals surface area contributed by atoms with Crippen molar-refractivity contribution < 1.29 is 9.53 Å². The fraction of sp³-hybridized carbons (Fsp3) is 0.889. The molecule has 12 heavy (non-hydrogen) atoms. The van der Waals surface area contributed by atoms with Crippen molar-refractivity contribution in [2.75, 3.05) is 13.2 Å². The summed E-state index contributed by atoms with van der Waals surface area (Å²) in [5, 5.41) is 3.31. The molecule has 1 unspecified atom stereocenters. The smallest absolute Gasteiger partial charge is 0.302 e. The minimum absolute atomic E-state index is 0.196. The van der Waals surface area contributed by atoms with Crippen LogP contribution in [-0.2, 0) is 9.53 Å². The van der Waals surface area contributed by atoms with Gasteiger partial charge < -0.3 is 10.1 Å². The third kappa shape index (κ3) is 7.54. The summed E-state index contributed by atoms with van der Waals surface area (Å²) in [4.78, 5) is 10.4. The van der Waals surface area contributed by atoms with Crippen LogP contribution in [0.25, 0.3) is 0 Å². The Morgan fingerprint density at radius 3 is 2.75 bits per heavy atom. The second-order valence-electron chi connectivity index (χ2n) is 2.96. The second-order valence-corrected chi connectivity index (χ2v) is 2.96. The topological polar surface area (TPSA) is 38.3 Å². The van der Waals surface area contributed by atoms with E-state index in [-0.39, 0.29) is 5.97 Å². The van der Waals surface area contributed by atoms with Crippen molar-refractivity contribution in [2.45, 2.75) is 39.7 Å². The Morgan fingerprint density at radius 2 is 2.25 bits per heavy atom. The summed E-state index contributed by atoms with van der Waals surface area (Å²) in [5.41, 5.74) is 0. The quantitative estimate of drug-likeness (QED) is 0.486. The fourth-order valence-electron chi connectivity index (χ4n) is 0.781. The number of carbonyl (C=O) groups excluding carboxylic acids is 1. The van der Waals surface area contributed by atoms with Crippen LogP contribution in [0.3, 0.4) is 0 Å². The molecule has 1 atom stereocenters. The molecule has 0 aromatic carbocycles. The first kappa shape index (κ1) is 11.4. The van der Waals surface area contributed by atoms with E-state index < -0.39 is 0 Å². The van der Waals surface area contributed by atoms with E-state index in [2.05, 4.69) is 19.2 Å². The van der Waals surface area contributed by atoms with Crippen molar-refractivity contribution in [3.63, 3.8) is 0 Å². The standard InChI is InChI=1S/C9H19NO2/c1-4-8(2)10-6-5-7-12-9(3)11/h8,10H,4-7H2,1-3H3. The average Bonchev–Trinajstić information content (AvgIpc) is 2.03. The summed E-state index contributed by atoms with van der Waals surface area (Å²) in [7, 11) is 0. The first-order valence-electron chi connectivity index (χ1n) is 4.53. The number of carbonyl (C=O) groups is 1. The van der Waals surface area contributed by atoms with Crippen LogP contribution in [0, 0.1) is 0 Å². The van der Waals surface area contributed by atoms with E-state index in [0.717, 1.165) is 19.4 Å². The molecule has 0 aromatic heterocycles. The molecule has 0 aliphatic rings. The SMILES string of the molecule is CCC(C)NCCCOC(C)=O. The van der Waals surface area contributed by atoms with Crippen molar-refractivity contribution in [1.82, 2.24) is 5.32 Å². The maximum absolute atomic E-state index is 10.4. The Balaban J connectivity index is 3.05. The van der Waals surface area contributed by atoms with Gasteiger partial charge in [0.15, 0.2) is 0 Å². The normalized spacial score (nSPS) is 12.6. The Labute approximate surface area is 74.5 Å². The number of rotatable bonds is 6. The maximum atomic E-state index is 10.4. The van der Waals surface area contributed by atoms with Crippen LogP contribution in [0.4, 0.5) is 0 Å². The molecule has 0 saturated carbocycles. The molecule has 0 aromatic rings. The minimum atomic E-state index is -0.196. The molecule has 0 spiro atoms. The second kappa shape index (κ2) is 7.10. The molecular weight excluding hydrogens is 154 g/mol. The van der Waals surface area contributed by atoms with Gasteiger partial charge in [-0.15, -0.1) is 0 Å². The van der Waals surface area contributed by atoms with Crippen molar-refractivity contribution in [2.24, 2.45) is 0 Å². The van der Waals surface area contributed by atoms with Gasteiger partial charge in [0.2, 0.25) is 0 Å². The van der Waals surface area contributed by atoms with E-state index in [0.29, 0.717) is 12.6 Å². The van der Waals surface area contributed by atoms with Crippen molar-refractivity contribution in [3.8, 4) is 0 Å². The Morgan fingerprint density at radius 1 is 1.58 bits per heavy atom. The highest BCUT2D eigenvalue weighted by Gasteiger charge is 1.96. The van der Waals surface area contributed by atoms with Gasteiger partial charge in [-0.1, -0.05) is 6.92 Å². The number of nitrogens with one attached hydrogen (secondary N) is 1.